The molecule has 1 saturated heterocycles. The Balaban J connectivity index is 2.06. The van der Waals surface area contributed by atoms with Crippen LogP contribution in [0.1, 0.15) is 33.6 Å². The Morgan fingerprint density at radius 2 is 2.00 bits per heavy atom. The second-order valence-corrected chi connectivity index (χ2v) is 7.60. The molecule has 0 aliphatic carbocycles. The lowest BCUT2D eigenvalue weighted by Gasteiger charge is -2.35. The van der Waals surface area contributed by atoms with Gasteiger partial charge in [-0.05, 0) is 44.7 Å². The second-order valence-electron chi connectivity index (χ2n) is 7.60. The molecule has 1 unspecified atom stereocenters. The van der Waals surface area contributed by atoms with Crippen LogP contribution in [0, 0.1) is 0 Å². The summed E-state index contributed by atoms with van der Waals surface area (Å²) >= 11 is 0. The summed E-state index contributed by atoms with van der Waals surface area (Å²) in [6, 6.07) is 7.18. The average molecular weight is 388 g/mol. The molecular weight excluding hydrogens is 364 g/mol. The van der Waals surface area contributed by atoms with E-state index in [4.69, 9.17) is 14.2 Å². The molecule has 1 fully saturated rings. The summed E-state index contributed by atoms with van der Waals surface area (Å²) in [7, 11) is 1.51. The van der Waals surface area contributed by atoms with E-state index < -0.39 is 23.4 Å². The maximum Gasteiger partial charge on any atom is 0.413 e. The number of methoxy groups -OCH3 is 1. The zero-order valence-electron chi connectivity index (χ0n) is 16.4. The highest BCUT2D eigenvalue weighted by molar-refractivity contribution is 5.93. The largest absolute Gasteiger partial charge is 0.496 e. The van der Waals surface area contributed by atoms with Crippen molar-refractivity contribution in [1.29, 1.82) is 0 Å². The van der Waals surface area contributed by atoms with Crippen molar-refractivity contribution in [3.05, 3.63) is 30.5 Å². The van der Waals surface area contributed by atoms with Crippen LogP contribution in [0.15, 0.2) is 30.5 Å². The summed E-state index contributed by atoms with van der Waals surface area (Å²) in [5.74, 6) is -0.680. The van der Waals surface area contributed by atoms with Gasteiger partial charge in [-0.3, -0.25) is 4.90 Å². The molecular formula is C20H24N2O6. The Kier molecular flexibility index (Phi) is 5.06. The lowest BCUT2D eigenvalue weighted by molar-refractivity contribution is -0.169. The minimum absolute atomic E-state index is 0.0906. The maximum absolute atomic E-state index is 12.7. The molecule has 3 rings (SSSR count). The molecule has 1 aliphatic heterocycles. The highest BCUT2D eigenvalue weighted by atomic mass is 16.6. The lowest BCUT2D eigenvalue weighted by Crippen LogP contribution is -2.58. The fourth-order valence-electron chi connectivity index (χ4n) is 3.29. The second kappa shape index (κ2) is 7.18. The summed E-state index contributed by atoms with van der Waals surface area (Å²) in [6.45, 7) is 5.38. The Labute approximate surface area is 163 Å². The molecule has 28 heavy (non-hydrogen) atoms. The first-order chi connectivity index (χ1) is 13.2. The number of amides is 1. The van der Waals surface area contributed by atoms with Gasteiger partial charge in [0.15, 0.2) is 0 Å². The minimum atomic E-state index is -1.90. The Morgan fingerprint density at radius 3 is 2.64 bits per heavy atom. The molecule has 2 aromatic rings. The van der Waals surface area contributed by atoms with Crippen LogP contribution in [0.25, 0.3) is 10.8 Å². The third kappa shape index (κ3) is 3.54. The fourth-order valence-corrected chi connectivity index (χ4v) is 3.29. The number of aliphatic carboxylic acids is 1. The zero-order chi connectivity index (χ0) is 20.5. The summed E-state index contributed by atoms with van der Waals surface area (Å²) in [4.78, 5) is 30.3. The van der Waals surface area contributed by atoms with E-state index >= 15 is 0 Å². The molecule has 0 radical (unpaired) electrons. The number of carboxylic acid groups (broad SMARTS) is 1. The van der Waals surface area contributed by atoms with Crippen molar-refractivity contribution in [2.24, 2.45) is 0 Å². The van der Waals surface area contributed by atoms with E-state index in [9.17, 15) is 14.7 Å². The first-order valence-corrected chi connectivity index (χ1v) is 9.03. The highest BCUT2D eigenvalue weighted by Crippen LogP contribution is 2.38. The molecule has 1 atom stereocenters. The molecule has 0 bridgehead atoms. The predicted molar refractivity (Wildman–Crippen MR) is 101 cm³/mol. The van der Waals surface area contributed by atoms with Crippen LogP contribution in [0.4, 0.5) is 4.79 Å². The van der Waals surface area contributed by atoms with Crippen molar-refractivity contribution >= 4 is 22.8 Å². The summed E-state index contributed by atoms with van der Waals surface area (Å²) < 4.78 is 16.8. The number of benzene rings is 1. The van der Waals surface area contributed by atoms with Crippen LogP contribution in [-0.2, 0) is 9.53 Å². The van der Waals surface area contributed by atoms with E-state index in [1.54, 1.807) is 32.9 Å². The van der Waals surface area contributed by atoms with Gasteiger partial charge in [-0.2, -0.15) is 0 Å². The number of hydrogen-bond acceptors (Lipinski definition) is 6. The van der Waals surface area contributed by atoms with E-state index in [2.05, 4.69) is 4.98 Å². The topological polar surface area (TPSA) is 98.2 Å². The zero-order valence-corrected chi connectivity index (χ0v) is 16.4. The van der Waals surface area contributed by atoms with Crippen molar-refractivity contribution in [2.75, 3.05) is 13.7 Å². The smallest absolute Gasteiger partial charge is 0.413 e. The number of pyridine rings is 1. The van der Waals surface area contributed by atoms with Gasteiger partial charge < -0.3 is 19.3 Å². The number of fused-ring (bicyclic) bond motifs is 1. The van der Waals surface area contributed by atoms with Crippen molar-refractivity contribution in [3.63, 3.8) is 0 Å². The van der Waals surface area contributed by atoms with Crippen LogP contribution < -0.4 is 9.47 Å². The Morgan fingerprint density at radius 1 is 1.25 bits per heavy atom. The molecule has 1 N–H and O–H groups in total. The standard InChI is InChI=1S/C20H24N2O6/c1-19(2,3)28-18(25)22-12-6-10-20(22,17(23)24)27-16-15-13(9-11-21-16)7-5-8-14(15)26-4/h5,7-9,11H,6,10,12H2,1-4H3,(H,23,24). The minimum Gasteiger partial charge on any atom is -0.496 e. The molecule has 0 spiro atoms. The quantitative estimate of drug-likeness (QED) is 0.857. The van der Waals surface area contributed by atoms with Gasteiger partial charge in [0.25, 0.3) is 5.72 Å². The van der Waals surface area contributed by atoms with Gasteiger partial charge in [0.1, 0.15) is 11.4 Å². The molecule has 1 aromatic carbocycles. The number of likely N-dealkylation sites (tertiary alicyclic amines) is 1. The number of nitrogens with zero attached hydrogens (tertiary/aromatic N) is 2. The Bertz CT molecular complexity index is 902. The molecule has 2 heterocycles. The SMILES string of the molecule is COc1cccc2ccnc(OC3(C(=O)O)CCCN3C(=O)OC(C)(C)C)c12. The van der Waals surface area contributed by atoms with E-state index in [-0.39, 0.29) is 18.8 Å². The van der Waals surface area contributed by atoms with Crippen LogP contribution in [0.3, 0.4) is 0 Å². The van der Waals surface area contributed by atoms with Crippen LogP contribution in [0.5, 0.6) is 11.6 Å². The summed E-state index contributed by atoms with van der Waals surface area (Å²) in [5.41, 5.74) is -2.66. The fraction of sp³-hybridized carbons (Fsp3) is 0.450. The molecule has 150 valence electrons. The summed E-state index contributed by atoms with van der Waals surface area (Å²) in [6.07, 6.45) is 1.38. The predicted octanol–water partition coefficient (Wildman–Crippen LogP) is 3.43. The molecule has 8 heteroatoms. The summed E-state index contributed by atoms with van der Waals surface area (Å²) in [5, 5.41) is 11.3. The number of aromatic nitrogens is 1. The third-order valence-electron chi connectivity index (χ3n) is 4.49. The number of hydrogen-bond donors (Lipinski definition) is 1. The van der Waals surface area contributed by atoms with Crippen LogP contribution >= 0.6 is 0 Å². The number of rotatable bonds is 4. The van der Waals surface area contributed by atoms with Gasteiger partial charge in [-0.1, -0.05) is 12.1 Å². The van der Waals surface area contributed by atoms with Crippen LogP contribution in [0.2, 0.25) is 0 Å². The van der Waals surface area contributed by atoms with E-state index in [0.717, 1.165) is 10.3 Å². The highest BCUT2D eigenvalue weighted by Gasteiger charge is 2.54. The van der Waals surface area contributed by atoms with E-state index in [0.29, 0.717) is 17.6 Å². The molecule has 1 aliphatic rings. The molecule has 1 amide bonds. The number of carbonyl (C=O) groups excluding carboxylic acids is 1. The van der Waals surface area contributed by atoms with Gasteiger partial charge in [0.05, 0.1) is 12.5 Å². The Hall–Kier alpha value is -3.03. The normalized spacial score (nSPS) is 19.5. The lowest BCUT2D eigenvalue weighted by atomic mass is 10.1. The molecule has 8 nitrogen and oxygen atoms in total. The van der Waals surface area contributed by atoms with Crippen LogP contribution in [-0.4, -0.2) is 52.0 Å². The average Bonchev–Trinajstić information content (AvgIpc) is 3.05. The number of carboxylic acids is 1. The third-order valence-corrected chi connectivity index (χ3v) is 4.49. The van der Waals surface area contributed by atoms with Gasteiger partial charge in [0.2, 0.25) is 5.88 Å². The van der Waals surface area contributed by atoms with Gasteiger partial charge in [-0.25, -0.2) is 14.6 Å². The van der Waals surface area contributed by atoms with Gasteiger partial charge in [-0.15, -0.1) is 0 Å². The van der Waals surface area contributed by atoms with Gasteiger partial charge >= 0.3 is 12.1 Å². The van der Waals surface area contributed by atoms with E-state index in [1.807, 2.05) is 12.1 Å². The van der Waals surface area contributed by atoms with Crippen molar-refractivity contribution < 1.29 is 28.9 Å². The monoisotopic (exact) mass is 388 g/mol. The van der Waals surface area contributed by atoms with Crippen molar-refractivity contribution in [3.8, 4) is 11.6 Å². The first kappa shape index (κ1) is 19.7. The van der Waals surface area contributed by atoms with Gasteiger partial charge in [0, 0.05) is 19.2 Å². The first-order valence-electron chi connectivity index (χ1n) is 9.03. The van der Waals surface area contributed by atoms with Crippen molar-refractivity contribution in [1.82, 2.24) is 9.88 Å². The molecule has 0 saturated carbocycles. The molecule has 1 aromatic heterocycles. The number of carbonyl (C=O) groups is 2. The maximum atomic E-state index is 12.7. The number of ether oxygens (including phenoxy) is 3. The van der Waals surface area contributed by atoms with Crippen molar-refractivity contribution in [2.45, 2.75) is 44.9 Å². The van der Waals surface area contributed by atoms with E-state index in [1.165, 1.54) is 13.3 Å².